The molecule has 4 heteroatoms. The van der Waals surface area contributed by atoms with Crippen LogP contribution in [-0.4, -0.2) is 16.6 Å². The van der Waals surface area contributed by atoms with E-state index in [1.54, 1.807) is 17.8 Å². The Morgan fingerprint density at radius 2 is 1.58 bits per heavy atom. The van der Waals surface area contributed by atoms with Crippen LogP contribution in [-0.2, 0) is 0 Å². The van der Waals surface area contributed by atoms with Gasteiger partial charge in [0.2, 0.25) is 0 Å². The van der Waals surface area contributed by atoms with Gasteiger partial charge < -0.3 is 5.11 Å². The Morgan fingerprint density at radius 3 is 2.32 bits per heavy atom. The van der Waals surface area contributed by atoms with E-state index < -0.39 is 0 Å². The third-order valence-corrected chi connectivity index (χ3v) is 4.99. The van der Waals surface area contributed by atoms with Crippen LogP contribution in [0.15, 0.2) is 58.3 Å². The number of halogens is 1. The van der Waals surface area contributed by atoms with Crippen molar-refractivity contribution in [3.05, 3.63) is 53.6 Å². The second-order valence-corrected chi connectivity index (χ2v) is 6.71. The Labute approximate surface area is 127 Å². The average Bonchev–Trinajstić information content (AvgIpc) is 2.42. The summed E-state index contributed by atoms with van der Waals surface area (Å²) >= 11 is 9.38. The number of aromatic hydroxyl groups is 1. The number of benzene rings is 2. The Balaban J connectivity index is 1.67. The lowest BCUT2D eigenvalue weighted by atomic mass is 10.3. The van der Waals surface area contributed by atoms with Gasteiger partial charge in [-0.1, -0.05) is 23.7 Å². The average molecular weight is 311 g/mol. The monoisotopic (exact) mass is 310 g/mol. The minimum atomic E-state index is 0.373. The molecular weight excluding hydrogens is 296 g/mol. The van der Waals surface area contributed by atoms with Crippen molar-refractivity contribution in [1.29, 1.82) is 0 Å². The van der Waals surface area contributed by atoms with Crippen molar-refractivity contribution in [2.75, 3.05) is 11.5 Å². The molecule has 0 atom stereocenters. The quantitative estimate of drug-likeness (QED) is 0.576. The zero-order valence-electron chi connectivity index (χ0n) is 10.4. The predicted octanol–water partition coefficient (Wildman–Crippen LogP) is 5.32. The molecule has 1 nitrogen and oxygen atoms in total. The summed E-state index contributed by atoms with van der Waals surface area (Å²) in [4.78, 5) is 2.20. The van der Waals surface area contributed by atoms with E-state index in [2.05, 4.69) is 0 Å². The van der Waals surface area contributed by atoms with Gasteiger partial charge in [-0.05, 0) is 54.3 Å². The van der Waals surface area contributed by atoms with E-state index in [0.717, 1.165) is 27.8 Å². The van der Waals surface area contributed by atoms with E-state index in [-0.39, 0.29) is 0 Å². The fourth-order valence-electron chi connectivity index (χ4n) is 1.54. The summed E-state index contributed by atoms with van der Waals surface area (Å²) in [5.41, 5.74) is 0. The van der Waals surface area contributed by atoms with E-state index in [9.17, 15) is 5.11 Å². The summed E-state index contributed by atoms with van der Waals surface area (Å²) in [5, 5.41) is 10.4. The first kappa shape index (κ1) is 14.6. The van der Waals surface area contributed by atoms with Crippen molar-refractivity contribution in [3.63, 3.8) is 0 Å². The number of rotatable bonds is 6. The molecule has 19 heavy (non-hydrogen) atoms. The predicted molar refractivity (Wildman–Crippen MR) is 85.6 cm³/mol. The van der Waals surface area contributed by atoms with Gasteiger partial charge in [0.25, 0.3) is 0 Å². The maximum Gasteiger partial charge on any atom is 0.129 e. The molecule has 0 aromatic heterocycles. The molecule has 1 N–H and O–H groups in total. The zero-order chi connectivity index (χ0) is 13.5. The first-order valence-corrected chi connectivity index (χ1v) is 8.40. The van der Waals surface area contributed by atoms with Gasteiger partial charge in [-0.3, -0.25) is 0 Å². The number of thioether (sulfide) groups is 2. The molecule has 0 fully saturated rings. The number of hydrogen-bond acceptors (Lipinski definition) is 3. The van der Waals surface area contributed by atoms with Crippen LogP contribution in [0, 0.1) is 0 Å². The maximum absolute atomic E-state index is 9.63. The molecule has 0 unspecified atom stereocenters. The molecular formula is C15H15ClOS2. The molecule has 0 amide bonds. The topological polar surface area (TPSA) is 20.2 Å². The van der Waals surface area contributed by atoms with Gasteiger partial charge >= 0.3 is 0 Å². The third kappa shape index (κ3) is 5.01. The van der Waals surface area contributed by atoms with Crippen molar-refractivity contribution in [3.8, 4) is 5.75 Å². The molecule has 0 aliphatic rings. The number of hydrogen-bond donors (Lipinski definition) is 1. The Bertz CT molecular complexity index is 514. The third-order valence-electron chi connectivity index (χ3n) is 2.49. The van der Waals surface area contributed by atoms with E-state index in [4.69, 9.17) is 11.6 Å². The van der Waals surface area contributed by atoms with Crippen LogP contribution in [0.3, 0.4) is 0 Å². The lowest BCUT2D eigenvalue weighted by molar-refractivity contribution is 0.462. The Morgan fingerprint density at radius 1 is 0.895 bits per heavy atom. The lowest BCUT2D eigenvalue weighted by Crippen LogP contribution is -1.84. The molecule has 0 heterocycles. The van der Waals surface area contributed by atoms with Crippen molar-refractivity contribution in [2.45, 2.75) is 16.2 Å². The van der Waals surface area contributed by atoms with Crippen LogP contribution in [0.4, 0.5) is 0 Å². The van der Waals surface area contributed by atoms with E-state index in [1.807, 2.05) is 54.2 Å². The standard InChI is InChI=1S/C15H15ClOS2/c16-12-6-8-13(9-7-12)18-10-3-11-19-15-5-2-1-4-14(15)17/h1-2,4-9,17H,3,10-11H2. The zero-order valence-corrected chi connectivity index (χ0v) is 12.8. The highest BCUT2D eigenvalue weighted by Crippen LogP contribution is 2.29. The van der Waals surface area contributed by atoms with Crippen LogP contribution in [0.25, 0.3) is 0 Å². The SMILES string of the molecule is Oc1ccccc1SCCCSc1ccc(Cl)cc1. The van der Waals surface area contributed by atoms with Gasteiger partial charge in [-0.2, -0.15) is 0 Å². The maximum atomic E-state index is 9.63. The van der Waals surface area contributed by atoms with Gasteiger partial charge in [0.1, 0.15) is 5.75 Å². The van der Waals surface area contributed by atoms with Gasteiger partial charge in [-0.25, -0.2) is 0 Å². The van der Waals surface area contributed by atoms with Crippen LogP contribution < -0.4 is 0 Å². The molecule has 2 aromatic rings. The van der Waals surface area contributed by atoms with Crippen molar-refractivity contribution < 1.29 is 5.11 Å². The first-order chi connectivity index (χ1) is 9.25. The molecule has 0 radical (unpaired) electrons. The van der Waals surface area contributed by atoms with Gasteiger partial charge in [0.15, 0.2) is 0 Å². The van der Waals surface area contributed by atoms with Crippen LogP contribution in [0.5, 0.6) is 5.75 Å². The highest BCUT2D eigenvalue weighted by atomic mass is 35.5. The van der Waals surface area contributed by atoms with Crippen LogP contribution >= 0.6 is 35.1 Å². The number of phenolic OH excluding ortho intramolecular Hbond substituents is 1. The molecule has 0 aliphatic heterocycles. The molecule has 0 spiro atoms. The highest BCUT2D eigenvalue weighted by Gasteiger charge is 2.00. The first-order valence-electron chi connectivity index (χ1n) is 6.05. The molecule has 2 aromatic carbocycles. The number of phenols is 1. The number of para-hydroxylation sites is 1. The van der Waals surface area contributed by atoms with Crippen LogP contribution in [0.2, 0.25) is 5.02 Å². The molecule has 0 saturated carbocycles. The van der Waals surface area contributed by atoms with Crippen molar-refractivity contribution in [1.82, 2.24) is 0 Å². The van der Waals surface area contributed by atoms with Crippen LogP contribution in [0.1, 0.15) is 6.42 Å². The summed E-state index contributed by atoms with van der Waals surface area (Å²) in [6.45, 7) is 0. The Hall–Kier alpha value is -0.770. The van der Waals surface area contributed by atoms with Crippen molar-refractivity contribution >= 4 is 35.1 Å². The molecule has 0 saturated heterocycles. The van der Waals surface area contributed by atoms with Gasteiger partial charge in [0, 0.05) is 14.8 Å². The molecule has 0 bridgehead atoms. The fourth-order valence-corrected chi connectivity index (χ4v) is 3.60. The highest BCUT2D eigenvalue weighted by molar-refractivity contribution is 8.00. The minimum Gasteiger partial charge on any atom is -0.507 e. The lowest BCUT2D eigenvalue weighted by Gasteiger charge is -2.04. The van der Waals surface area contributed by atoms with Crippen molar-refractivity contribution in [2.24, 2.45) is 0 Å². The van der Waals surface area contributed by atoms with E-state index in [1.165, 1.54) is 4.90 Å². The smallest absolute Gasteiger partial charge is 0.129 e. The molecule has 2 rings (SSSR count). The normalized spacial score (nSPS) is 10.6. The second kappa shape index (κ2) is 7.73. The summed E-state index contributed by atoms with van der Waals surface area (Å²) in [7, 11) is 0. The van der Waals surface area contributed by atoms with E-state index in [0.29, 0.717) is 5.75 Å². The molecule has 100 valence electrons. The van der Waals surface area contributed by atoms with Gasteiger partial charge in [-0.15, -0.1) is 23.5 Å². The summed E-state index contributed by atoms with van der Waals surface area (Å²) in [6, 6.07) is 15.4. The molecule has 0 aliphatic carbocycles. The van der Waals surface area contributed by atoms with E-state index >= 15 is 0 Å². The second-order valence-electron chi connectivity index (χ2n) is 3.97. The Kier molecular flexibility index (Phi) is 5.95. The summed E-state index contributed by atoms with van der Waals surface area (Å²) in [5.74, 6) is 2.46. The summed E-state index contributed by atoms with van der Waals surface area (Å²) in [6.07, 6.45) is 1.10. The summed E-state index contributed by atoms with van der Waals surface area (Å²) < 4.78 is 0. The van der Waals surface area contributed by atoms with Gasteiger partial charge in [0.05, 0.1) is 0 Å². The fraction of sp³-hybridized carbons (Fsp3) is 0.200. The minimum absolute atomic E-state index is 0.373. The largest absolute Gasteiger partial charge is 0.507 e.